The Bertz CT molecular complexity index is 729. The van der Waals surface area contributed by atoms with Crippen LogP contribution in [0.2, 0.25) is 0 Å². The Balaban J connectivity index is 1.47. The Hall–Kier alpha value is -1.20. The fourth-order valence-corrected chi connectivity index (χ4v) is 4.54. The summed E-state index contributed by atoms with van der Waals surface area (Å²) in [7, 11) is 0. The van der Waals surface area contributed by atoms with Crippen molar-refractivity contribution in [1.29, 1.82) is 0 Å². The van der Waals surface area contributed by atoms with E-state index in [4.69, 9.17) is 23.7 Å². The van der Waals surface area contributed by atoms with E-state index in [1.807, 2.05) is 0 Å². The molecule has 13 heteroatoms. The standard InChI is InChI=1S/C20H30O13/c21-4-7-3-10(31-19-16(27)13(24)9(23)6-30-19)8-1-2-29-18(12(7)8)33-20-17(28)15(26)14(25)11(5-22)32-20/h1-3,8-28H,4-6H2/t8-,9+,10+,11-,12+,13+,14-,15-,16+,17-,18-,19+,20+/m0/s1. The number of ether oxygens (including phenoxy) is 5. The summed E-state index contributed by atoms with van der Waals surface area (Å²) in [5.74, 6) is -1.08. The zero-order valence-electron chi connectivity index (χ0n) is 17.5. The highest BCUT2D eigenvalue weighted by molar-refractivity contribution is 5.26. The normalized spacial score (nSPS) is 49.9. The molecule has 2 saturated heterocycles. The number of hydrogen-bond donors (Lipinski definition) is 8. The Morgan fingerprint density at radius 2 is 1.58 bits per heavy atom. The molecule has 13 atom stereocenters. The third kappa shape index (κ3) is 4.69. The van der Waals surface area contributed by atoms with Crippen LogP contribution in [0.25, 0.3) is 0 Å². The van der Waals surface area contributed by atoms with Crippen molar-refractivity contribution in [3.05, 3.63) is 24.0 Å². The Morgan fingerprint density at radius 1 is 0.848 bits per heavy atom. The molecule has 0 radical (unpaired) electrons. The van der Waals surface area contributed by atoms with E-state index in [1.54, 1.807) is 12.2 Å². The van der Waals surface area contributed by atoms with Gasteiger partial charge in [-0.25, -0.2) is 0 Å². The van der Waals surface area contributed by atoms with Gasteiger partial charge in [-0.05, 0) is 11.6 Å². The van der Waals surface area contributed by atoms with Crippen molar-refractivity contribution in [3.63, 3.8) is 0 Å². The summed E-state index contributed by atoms with van der Waals surface area (Å²) < 4.78 is 27.8. The van der Waals surface area contributed by atoms with Crippen molar-refractivity contribution in [3.8, 4) is 0 Å². The maximum atomic E-state index is 10.3. The van der Waals surface area contributed by atoms with E-state index in [-0.39, 0.29) is 13.2 Å². The summed E-state index contributed by atoms with van der Waals surface area (Å²) >= 11 is 0. The highest BCUT2D eigenvalue weighted by Crippen LogP contribution is 2.43. The number of hydrogen-bond acceptors (Lipinski definition) is 13. The van der Waals surface area contributed by atoms with E-state index >= 15 is 0 Å². The molecule has 3 aliphatic heterocycles. The van der Waals surface area contributed by atoms with Crippen molar-refractivity contribution in [2.24, 2.45) is 11.8 Å². The minimum atomic E-state index is -1.63. The second-order valence-electron chi connectivity index (χ2n) is 8.52. The van der Waals surface area contributed by atoms with Crippen LogP contribution >= 0.6 is 0 Å². The van der Waals surface area contributed by atoms with Crippen molar-refractivity contribution in [2.75, 3.05) is 19.8 Å². The van der Waals surface area contributed by atoms with Gasteiger partial charge in [0.05, 0.1) is 38.1 Å². The quantitative estimate of drug-likeness (QED) is 0.170. The van der Waals surface area contributed by atoms with Crippen molar-refractivity contribution >= 4 is 0 Å². The van der Waals surface area contributed by atoms with Gasteiger partial charge in [-0.1, -0.05) is 6.08 Å². The molecule has 0 aromatic rings. The van der Waals surface area contributed by atoms with Crippen LogP contribution in [0.3, 0.4) is 0 Å². The largest absolute Gasteiger partial charge is 0.472 e. The van der Waals surface area contributed by atoms with Crippen molar-refractivity contribution in [2.45, 2.75) is 67.7 Å². The molecule has 0 spiro atoms. The van der Waals surface area contributed by atoms with Gasteiger partial charge in [0.2, 0.25) is 6.29 Å². The van der Waals surface area contributed by atoms with Gasteiger partial charge < -0.3 is 64.5 Å². The fourth-order valence-electron chi connectivity index (χ4n) is 4.54. The van der Waals surface area contributed by atoms with E-state index in [0.717, 1.165) is 0 Å². The van der Waals surface area contributed by atoms with Crippen LogP contribution in [0.1, 0.15) is 0 Å². The summed E-state index contributed by atoms with van der Waals surface area (Å²) in [5, 5.41) is 79.1. The molecule has 4 aliphatic rings. The summed E-state index contributed by atoms with van der Waals surface area (Å²) in [4.78, 5) is 0. The molecule has 33 heavy (non-hydrogen) atoms. The number of aliphatic hydroxyl groups excluding tert-OH is 8. The minimum absolute atomic E-state index is 0.234. The summed E-state index contributed by atoms with van der Waals surface area (Å²) in [6.07, 6.45) is -10.1. The second-order valence-corrected chi connectivity index (χ2v) is 8.52. The minimum Gasteiger partial charge on any atom is -0.472 e. The zero-order chi connectivity index (χ0) is 23.9. The van der Waals surface area contributed by atoms with Crippen LogP contribution < -0.4 is 0 Å². The number of rotatable bonds is 6. The molecule has 0 bridgehead atoms. The summed E-state index contributed by atoms with van der Waals surface area (Å²) in [5.41, 5.74) is 0.467. The van der Waals surface area contributed by atoms with Gasteiger partial charge in [0.1, 0.15) is 42.7 Å². The summed E-state index contributed by atoms with van der Waals surface area (Å²) in [6.45, 7) is -1.24. The lowest BCUT2D eigenvalue weighted by Crippen LogP contribution is -2.60. The molecule has 8 N–H and O–H groups in total. The molecule has 0 unspecified atom stereocenters. The van der Waals surface area contributed by atoms with Gasteiger partial charge in [-0.3, -0.25) is 0 Å². The number of fused-ring (bicyclic) bond motifs is 1. The maximum Gasteiger partial charge on any atom is 0.209 e. The lowest BCUT2D eigenvalue weighted by atomic mass is 9.88. The predicted molar refractivity (Wildman–Crippen MR) is 104 cm³/mol. The Kier molecular flexibility index (Phi) is 7.69. The number of aliphatic hydroxyl groups is 8. The van der Waals surface area contributed by atoms with Gasteiger partial charge in [-0.2, -0.15) is 0 Å². The van der Waals surface area contributed by atoms with E-state index in [9.17, 15) is 40.9 Å². The van der Waals surface area contributed by atoms with Crippen LogP contribution in [0.15, 0.2) is 24.0 Å². The van der Waals surface area contributed by atoms with Crippen LogP contribution in [0.5, 0.6) is 0 Å². The first-order valence-electron chi connectivity index (χ1n) is 10.7. The van der Waals surface area contributed by atoms with E-state index in [1.165, 1.54) is 6.26 Å². The molecule has 4 rings (SSSR count). The first-order valence-corrected chi connectivity index (χ1v) is 10.7. The molecule has 0 aromatic carbocycles. The first kappa shape index (κ1) is 24.9. The van der Waals surface area contributed by atoms with Crippen LogP contribution in [-0.2, 0) is 23.7 Å². The molecule has 0 aromatic heterocycles. The average Bonchev–Trinajstić information content (AvgIpc) is 3.18. The third-order valence-electron chi connectivity index (χ3n) is 6.45. The lowest BCUT2D eigenvalue weighted by molar-refractivity contribution is -0.340. The fraction of sp³-hybridized carbons (Fsp3) is 0.800. The van der Waals surface area contributed by atoms with Gasteiger partial charge in [-0.15, -0.1) is 0 Å². The SMILES string of the molecule is OCC1=C[C@@H](O[C@H]2OC[C@@H](O)[C@@H](O)[C@H]2O)[C@@H]2C=CO[C@@H](O[C@H]3O[C@@H](CO)[C@H](O)[C@H](O)[C@@H]3O)[C@H]12. The molecular formula is C20H30O13. The van der Waals surface area contributed by atoms with Crippen LogP contribution in [0, 0.1) is 11.8 Å². The molecule has 2 fully saturated rings. The maximum absolute atomic E-state index is 10.3. The Labute approximate surface area is 188 Å². The highest BCUT2D eigenvalue weighted by atomic mass is 16.8. The van der Waals surface area contributed by atoms with Gasteiger partial charge in [0.25, 0.3) is 0 Å². The lowest BCUT2D eigenvalue weighted by Gasteiger charge is -2.43. The second kappa shape index (κ2) is 10.2. The predicted octanol–water partition coefficient (Wildman–Crippen LogP) is -4.34. The van der Waals surface area contributed by atoms with Gasteiger partial charge >= 0.3 is 0 Å². The molecular weight excluding hydrogens is 448 g/mol. The van der Waals surface area contributed by atoms with Crippen LogP contribution in [-0.4, -0.2) is 128 Å². The van der Waals surface area contributed by atoms with Crippen molar-refractivity contribution < 1.29 is 64.5 Å². The van der Waals surface area contributed by atoms with E-state index in [0.29, 0.717) is 5.57 Å². The molecule has 13 nitrogen and oxygen atoms in total. The van der Waals surface area contributed by atoms with Crippen LogP contribution in [0.4, 0.5) is 0 Å². The highest BCUT2D eigenvalue weighted by Gasteiger charge is 2.50. The van der Waals surface area contributed by atoms with E-state index in [2.05, 4.69) is 0 Å². The topological polar surface area (TPSA) is 208 Å². The van der Waals surface area contributed by atoms with E-state index < -0.39 is 86.1 Å². The molecule has 1 aliphatic carbocycles. The Morgan fingerprint density at radius 3 is 2.27 bits per heavy atom. The first-order chi connectivity index (χ1) is 15.8. The third-order valence-corrected chi connectivity index (χ3v) is 6.45. The van der Waals surface area contributed by atoms with Crippen molar-refractivity contribution in [1.82, 2.24) is 0 Å². The molecule has 188 valence electrons. The van der Waals surface area contributed by atoms with Gasteiger partial charge in [0.15, 0.2) is 12.6 Å². The molecule has 0 amide bonds. The monoisotopic (exact) mass is 478 g/mol. The smallest absolute Gasteiger partial charge is 0.209 e. The van der Waals surface area contributed by atoms with Gasteiger partial charge in [0, 0.05) is 5.92 Å². The molecule has 0 saturated carbocycles. The molecule has 3 heterocycles. The average molecular weight is 478 g/mol. The summed E-state index contributed by atoms with van der Waals surface area (Å²) in [6, 6.07) is 0. The zero-order valence-corrected chi connectivity index (χ0v) is 17.5.